The van der Waals surface area contributed by atoms with Crippen LogP contribution in [0.2, 0.25) is 0 Å². The number of Topliss-reactive ketones (excluding diaryl/α,β-unsaturated/α-hetero) is 1. The minimum Gasteiger partial charge on any atom is -1.00 e. The number of benzene rings is 1. The molecule has 4 rings (SSSR count). The molecule has 3 aromatic heterocycles. The van der Waals surface area contributed by atoms with Crippen molar-refractivity contribution in [1.82, 2.24) is 4.40 Å². The molecule has 0 spiro atoms. The van der Waals surface area contributed by atoms with Crippen LogP contribution in [0.3, 0.4) is 0 Å². The van der Waals surface area contributed by atoms with Gasteiger partial charge in [0.05, 0.1) is 7.11 Å². The number of carbonyl (C=O) groups excluding carboxylic acids is 1. The molecule has 5 heteroatoms. The lowest BCUT2D eigenvalue weighted by molar-refractivity contribution is -0.689. The number of ketones is 1. The standard InChI is InChI=1S/C24H23N2O2.ClH/c1-17-7-6-14-26-22(17)15-21(19-9-11-20(28-3)12-10-19)24(26)23(27)16-25-13-5-4-8-18(25)2;/h4-15H,16H2,1-3H3;1H/q+1;/p-1. The summed E-state index contributed by atoms with van der Waals surface area (Å²) in [5, 5.41) is 0. The summed E-state index contributed by atoms with van der Waals surface area (Å²) >= 11 is 0. The van der Waals surface area contributed by atoms with Gasteiger partial charge < -0.3 is 21.5 Å². The Morgan fingerprint density at radius 2 is 1.79 bits per heavy atom. The van der Waals surface area contributed by atoms with E-state index in [4.69, 9.17) is 4.74 Å². The van der Waals surface area contributed by atoms with Crippen LogP contribution in [0.15, 0.2) is 73.1 Å². The zero-order chi connectivity index (χ0) is 19.7. The molecule has 0 unspecified atom stereocenters. The molecule has 4 nitrogen and oxygen atoms in total. The summed E-state index contributed by atoms with van der Waals surface area (Å²) in [5.74, 6) is 0.878. The summed E-state index contributed by atoms with van der Waals surface area (Å²) in [5.41, 5.74) is 5.89. The van der Waals surface area contributed by atoms with Gasteiger partial charge in [0.2, 0.25) is 12.3 Å². The Morgan fingerprint density at radius 1 is 1.03 bits per heavy atom. The zero-order valence-electron chi connectivity index (χ0n) is 16.7. The van der Waals surface area contributed by atoms with E-state index in [1.165, 1.54) is 0 Å². The van der Waals surface area contributed by atoms with Crippen molar-refractivity contribution >= 4 is 11.3 Å². The first-order chi connectivity index (χ1) is 13.6. The summed E-state index contributed by atoms with van der Waals surface area (Å²) in [6.07, 6.45) is 3.91. The van der Waals surface area contributed by atoms with Gasteiger partial charge in [0.25, 0.3) is 0 Å². The van der Waals surface area contributed by atoms with Crippen LogP contribution < -0.4 is 21.7 Å². The first-order valence-corrected chi connectivity index (χ1v) is 9.32. The minimum atomic E-state index is 0. The van der Waals surface area contributed by atoms with Crippen LogP contribution in [0.5, 0.6) is 5.75 Å². The predicted molar refractivity (Wildman–Crippen MR) is 110 cm³/mol. The van der Waals surface area contributed by atoms with Crippen molar-refractivity contribution in [3.63, 3.8) is 0 Å². The second kappa shape index (κ2) is 8.50. The van der Waals surface area contributed by atoms with Crippen molar-refractivity contribution in [2.75, 3.05) is 7.11 Å². The number of aryl methyl sites for hydroxylation is 2. The van der Waals surface area contributed by atoms with E-state index in [0.29, 0.717) is 12.2 Å². The van der Waals surface area contributed by atoms with E-state index in [1.807, 2.05) is 76.8 Å². The molecule has 3 heterocycles. The van der Waals surface area contributed by atoms with Gasteiger partial charge in [0.1, 0.15) is 11.4 Å². The molecule has 148 valence electrons. The molecule has 0 N–H and O–H groups in total. The molecule has 0 radical (unpaired) electrons. The first kappa shape index (κ1) is 20.6. The lowest BCUT2D eigenvalue weighted by atomic mass is 10.0. The Morgan fingerprint density at radius 3 is 2.48 bits per heavy atom. The average molecular weight is 407 g/mol. The fraction of sp³-hybridized carbons (Fsp3) is 0.167. The van der Waals surface area contributed by atoms with Gasteiger partial charge in [-0.15, -0.1) is 0 Å². The molecular formula is C24H23ClN2O2. The third kappa shape index (κ3) is 3.89. The molecule has 0 saturated heterocycles. The van der Waals surface area contributed by atoms with Gasteiger partial charge in [-0.25, -0.2) is 0 Å². The van der Waals surface area contributed by atoms with Gasteiger partial charge >= 0.3 is 0 Å². The highest BCUT2D eigenvalue weighted by Gasteiger charge is 2.23. The van der Waals surface area contributed by atoms with E-state index in [0.717, 1.165) is 33.7 Å². The maximum atomic E-state index is 13.4. The molecule has 0 aliphatic heterocycles. The summed E-state index contributed by atoms with van der Waals surface area (Å²) in [6, 6.07) is 19.9. The Labute approximate surface area is 176 Å². The number of nitrogens with zero attached hydrogens (tertiary/aromatic N) is 2. The van der Waals surface area contributed by atoms with Crippen LogP contribution in [0.4, 0.5) is 0 Å². The molecule has 0 bridgehead atoms. The summed E-state index contributed by atoms with van der Waals surface area (Å²) in [4.78, 5) is 13.4. The van der Waals surface area contributed by atoms with Gasteiger partial charge in [0, 0.05) is 36.3 Å². The van der Waals surface area contributed by atoms with Crippen molar-refractivity contribution in [3.05, 3.63) is 90.0 Å². The summed E-state index contributed by atoms with van der Waals surface area (Å²) < 4.78 is 9.27. The second-order valence-corrected chi connectivity index (χ2v) is 6.97. The maximum Gasteiger partial charge on any atom is 0.244 e. The van der Waals surface area contributed by atoms with Crippen LogP contribution in [0.25, 0.3) is 16.6 Å². The minimum absolute atomic E-state index is 0. The number of pyridine rings is 2. The van der Waals surface area contributed by atoms with E-state index in [9.17, 15) is 4.79 Å². The van der Waals surface area contributed by atoms with Crippen LogP contribution in [-0.2, 0) is 6.54 Å². The van der Waals surface area contributed by atoms with E-state index in [-0.39, 0.29) is 18.2 Å². The smallest absolute Gasteiger partial charge is 0.244 e. The van der Waals surface area contributed by atoms with Gasteiger partial charge in [0.15, 0.2) is 11.9 Å². The Balaban J connectivity index is 0.00000240. The molecule has 0 aliphatic rings. The van der Waals surface area contributed by atoms with E-state index >= 15 is 0 Å². The number of rotatable bonds is 5. The normalized spacial score (nSPS) is 10.6. The quantitative estimate of drug-likeness (QED) is 0.371. The van der Waals surface area contributed by atoms with Crippen LogP contribution >= 0.6 is 0 Å². The number of carbonyl (C=O) groups is 1. The lowest BCUT2D eigenvalue weighted by Crippen LogP contribution is -3.00. The van der Waals surface area contributed by atoms with Crippen LogP contribution in [0, 0.1) is 13.8 Å². The Bertz CT molecular complexity index is 1160. The number of ether oxygens (including phenoxy) is 1. The highest BCUT2D eigenvalue weighted by atomic mass is 35.5. The molecule has 0 fully saturated rings. The van der Waals surface area contributed by atoms with E-state index < -0.39 is 0 Å². The third-order valence-corrected chi connectivity index (χ3v) is 5.17. The fourth-order valence-corrected chi connectivity index (χ4v) is 3.59. The number of methoxy groups -OCH3 is 1. The lowest BCUT2D eigenvalue weighted by Gasteiger charge is -2.07. The molecule has 0 amide bonds. The Kier molecular flexibility index (Phi) is 6.04. The van der Waals surface area contributed by atoms with Crippen molar-refractivity contribution in [3.8, 4) is 16.9 Å². The number of hydrogen-bond donors (Lipinski definition) is 0. The summed E-state index contributed by atoms with van der Waals surface area (Å²) in [6.45, 7) is 4.38. The topological polar surface area (TPSA) is 34.6 Å². The molecule has 0 atom stereocenters. The number of halogens is 1. The molecular weight excluding hydrogens is 384 g/mol. The molecule has 29 heavy (non-hydrogen) atoms. The van der Waals surface area contributed by atoms with Gasteiger partial charge in [-0.1, -0.05) is 24.3 Å². The van der Waals surface area contributed by atoms with Crippen molar-refractivity contribution in [2.45, 2.75) is 20.4 Å². The van der Waals surface area contributed by atoms with E-state index in [1.54, 1.807) is 7.11 Å². The molecule has 4 aromatic rings. The second-order valence-electron chi connectivity index (χ2n) is 6.97. The van der Waals surface area contributed by atoms with E-state index in [2.05, 4.69) is 19.1 Å². The maximum absolute atomic E-state index is 13.4. The number of fused-ring (bicyclic) bond motifs is 1. The number of aromatic nitrogens is 2. The highest BCUT2D eigenvalue weighted by molar-refractivity contribution is 6.02. The van der Waals surface area contributed by atoms with Gasteiger partial charge in [-0.3, -0.25) is 4.79 Å². The average Bonchev–Trinajstić information content (AvgIpc) is 3.11. The predicted octanol–water partition coefficient (Wildman–Crippen LogP) is 1.41. The molecule has 0 saturated carbocycles. The van der Waals surface area contributed by atoms with Gasteiger partial charge in [-0.05, 0) is 42.3 Å². The third-order valence-electron chi connectivity index (χ3n) is 5.17. The van der Waals surface area contributed by atoms with Crippen molar-refractivity contribution < 1.29 is 26.5 Å². The Hall–Kier alpha value is -3.11. The largest absolute Gasteiger partial charge is 1.00 e. The molecule has 0 aliphatic carbocycles. The number of hydrogen-bond acceptors (Lipinski definition) is 2. The van der Waals surface area contributed by atoms with Crippen molar-refractivity contribution in [2.24, 2.45) is 0 Å². The SMILES string of the molecule is COc1ccc(-c2cc3c(C)cccn3c2C(=O)C[n+]2ccccc2C)cc1.[Cl-]. The van der Waals surface area contributed by atoms with Crippen LogP contribution in [0.1, 0.15) is 21.7 Å². The fourth-order valence-electron chi connectivity index (χ4n) is 3.59. The summed E-state index contributed by atoms with van der Waals surface area (Å²) in [7, 11) is 1.65. The van der Waals surface area contributed by atoms with Gasteiger partial charge in [-0.2, -0.15) is 4.57 Å². The van der Waals surface area contributed by atoms with Crippen LogP contribution in [-0.4, -0.2) is 17.3 Å². The van der Waals surface area contributed by atoms with Crippen molar-refractivity contribution in [1.29, 1.82) is 0 Å². The first-order valence-electron chi connectivity index (χ1n) is 9.32. The monoisotopic (exact) mass is 406 g/mol. The molecule has 1 aromatic carbocycles. The highest BCUT2D eigenvalue weighted by Crippen LogP contribution is 2.31. The zero-order valence-corrected chi connectivity index (χ0v) is 17.5.